The highest BCUT2D eigenvalue weighted by Gasteiger charge is 2.26. The third-order valence-corrected chi connectivity index (χ3v) is 8.17. The molecular formula is C29H35N5O. The Hall–Kier alpha value is -2.86. The van der Waals surface area contributed by atoms with Gasteiger partial charge < -0.3 is 5.32 Å². The molecule has 2 aromatic heterocycles. The summed E-state index contributed by atoms with van der Waals surface area (Å²) < 4.78 is 0. The van der Waals surface area contributed by atoms with Crippen LogP contribution in [0.4, 0.5) is 0 Å². The quantitative estimate of drug-likeness (QED) is 0.542. The van der Waals surface area contributed by atoms with Crippen molar-refractivity contribution >= 4 is 16.8 Å². The maximum Gasteiger partial charge on any atom is 0.252 e. The van der Waals surface area contributed by atoms with Crippen molar-refractivity contribution in [1.29, 1.82) is 0 Å². The molecular weight excluding hydrogens is 434 g/mol. The fraction of sp³-hybridized carbons (Fsp3) is 0.517. The highest BCUT2D eigenvalue weighted by atomic mass is 16.1. The topological polar surface area (TPSA) is 71.0 Å². The van der Waals surface area contributed by atoms with Gasteiger partial charge in [0.25, 0.3) is 5.91 Å². The van der Waals surface area contributed by atoms with E-state index in [0.717, 1.165) is 79.4 Å². The number of carbonyl (C=O) groups is 1. The lowest BCUT2D eigenvalue weighted by atomic mass is 9.83. The van der Waals surface area contributed by atoms with Gasteiger partial charge >= 0.3 is 0 Å². The van der Waals surface area contributed by atoms with Gasteiger partial charge in [0.2, 0.25) is 0 Å². The van der Waals surface area contributed by atoms with E-state index in [0.29, 0.717) is 0 Å². The average molecular weight is 470 g/mol. The molecule has 35 heavy (non-hydrogen) atoms. The number of rotatable bonds is 7. The fourth-order valence-electron chi connectivity index (χ4n) is 5.79. The summed E-state index contributed by atoms with van der Waals surface area (Å²) >= 11 is 0. The summed E-state index contributed by atoms with van der Waals surface area (Å²) in [5.74, 6) is 2.66. The third-order valence-electron chi connectivity index (χ3n) is 8.17. The van der Waals surface area contributed by atoms with Crippen LogP contribution in [0.25, 0.3) is 10.9 Å². The van der Waals surface area contributed by atoms with Gasteiger partial charge in [-0.25, -0.2) is 9.97 Å². The first kappa shape index (κ1) is 22.6. The molecule has 0 radical (unpaired) electrons. The monoisotopic (exact) mass is 469 g/mol. The van der Waals surface area contributed by atoms with Crippen LogP contribution in [0.1, 0.15) is 72.4 Å². The van der Waals surface area contributed by atoms with Crippen LogP contribution in [-0.4, -0.2) is 44.9 Å². The zero-order chi connectivity index (χ0) is 23.6. The van der Waals surface area contributed by atoms with Crippen molar-refractivity contribution in [3.63, 3.8) is 0 Å². The van der Waals surface area contributed by atoms with Crippen LogP contribution in [0.2, 0.25) is 0 Å². The number of fused-ring (bicyclic) bond motifs is 2. The van der Waals surface area contributed by atoms with Crippen molar-refractivity contribution < 1.29 is 4.79 Å². The van der Waals surface area contributed by atoms with Crippen LogP contribution in [-0.2, 0) is 19.4 Å². The summed E-state index contributed by atoms with van der Waals surface area (Å²) in [6.07, 6.45) is 14.4. The number of hydrogen-bond donors (Lipinski definition) is 1. The Morgan fingerprint density at radius 2 is 1.86 bits per heavy atom. The Bertz CT molecular complexity index is 1190. The molecule has 0 atom stereocenters. The number of amides is 1. The van der Waals surface area contributed by atoms with Gasteiger partial charge in [-0.1, -0.05) is 12.1 Å². The van der Waals surface area contributed by atoms with Gasteiger partial charge in [0.1, 0.15) is 5.82 Å². The van der Waals surface area contributed by atoms with E-state index < -0.39 is 0 Å². The van der Waals surface area contributed by atoms with Crippen LogP contribution in [0.5, 0.6) is 0 Å². The maximum atomic E-state index is 13.0. The molecule has 0 spiro atoms. The number of pyridine rings is 1. The van der Waals surface area contributed by atoms with E-state index >= 15 is 0 Å². The fourth-order valence-corrected chi connectivity index (χ4v) is 5.79. The first-order chi connectivity index (χ1) is 17.2. The highest BCUT2D eigenvalue weighted by Crippen LogP contribution is 2.32. The van der Waals surface area contributed by atoms with Crippen LogP contribution in [0, 0.1) is 11.8 Å². The number of nitrogens with zero attached hydrogens (tertiary/aromatic N) is 4. The minimum Gasteiger partial charge on any atom is -0.349 e. The first-order valence-electron chi connectivity index (χ1n) is 13.4. The lowest BCUT2D eigenvalue weighted by molar-refractivity contribution is 0.0921. The Balaban J connectivity index is 0.972. The van der Waals surface area contributed by atoms with E-state index in [1.54, 1.807) is 6.20 Å². The predicted octanol–water partition coefficient (Wildman–Crippen LogP) is 4.71. The zero-order valence-electron chi connectivity index (χ0n) is 20.5. The van der Waals surface area contributed by atoms with Crippen LogP contribution >= 0.6 is 0 Å². The van der Waals surface area contributed by atoms with E-state index in [4.69, 9.17) is 4.98 Å². The molecule has 1 N–H and O–H groups in total. The van der Waals surface area contributed by atoms with Crippen LogP contribution < -0.4 is 5.32 Å². The number of carbonyl (C=O) groups excluding carboxylic acids is 1. The number of hydrogen-bond acceptors (Lipinski definition) is 5. The first-order valence-corrected chi connectivity index (χ1v) is 13.4. The van der Waals surface area contributed by atoms with Crippen molar-refractivity contribution in [3.8, 4) is 0 Å². The summed E-state index contributed by atoms with van der Waals surface area (Å²) in [4.78, 5) is 29.5. The largest absolute Gasteiger partial charge is 0.349 e. The molecule has 2 aliphatic carbocycles. The van der Waals surface area contributed by atoms with Gasteiger partial charge in [0.15, 0.2) is 0 Å². The lowest BCUT2D eigenvalue weighted by Gasteiger charge is -2.32. The molecule has 1 aromatic carbocycles. The van der Waals surface area contributed by atoms with E-state index in [9.17, 15) is 4.79 Å². The average Bonchev–Trinajstić information content (AvgIpc) is 3.71. The molecule has 1 aliphatic heterocycles. The van der Waals surface area contributed by atoms with Crippen molar-refractivity contribution in [1.82, 2.24) is 25.2 Å². The number of aromatic nitrogens is 3. The van der Waals surface area contributed by atoms with Crippen LogP contribution in [0.3, 0.4) is 0 Å². The van der Waals surface area contributed by atoms with E-state index in [1.165, 1.54) is 43.4 Å². The molecule has 1 amide bonds. The van der Waals surface area contributed by atoms with Gasteiger partial charge in [0, 0.05) is 48.9 Å². The molecule has 3 aromatic rings. The van der Waals surface area contributed by atoms with E-state index in [2.05, 4.69) is 26.4 Å². The summed E-state index contributed by atoms with van der Waals surface area (Å²) in [5.41, 5.74) is 4.21. The minimum absolute atomic E-state index is 0.0297. The molecule has 6 heteroatoms. The van der Waals surface area contributed by atoms with Gasteiger partial charge in [-0.15, -0.1) is 0 Å². The second kappa shape index (κ2) is 10.0. The molecule has 3 heterocycles. The number of nitrogens with one attached hydrogen (secondary N) is 1. The normalized spacial score (nSPS) is 22.6. The summed E-state index contributed by atoms with van der Waals surface area (Å²) in [7, 11) is 0. The maximum absolute atomic E-state index is 13.0. The Morgan fingerprint density at radius 1 is 1.00 bits per heavy atom. The lowest BCUT2D eigenvalue weighted by Crippen LogP contribution is -2.38. The standard InChI is InChI=1S/C29H35N5O/c35-29(25-3-1-5-26-24(25)4-2-14-30-26)32-23-10-8-20(9-11-23)12-15-34-16-13-22-18-31-28(17-21-6-7-21)33-27(22)19-34/h1-5,14,18,20-21,23H,6-13,15-17,19H2,(H,32,35)/t20-,23-. The molecule has 2 fully saturated rings. The van der Waals surface area contributed by atoms with E-state index in [-0.39, 0.29) is 11.9 Å². The van der Waals surface area contributed by atoms with Gasteiger partial charge in [-0.3, -0.25) is 14.7 Å². The third kappa shape index (κ3) is 5.37. The van der Waals surface area contributed by atoms with E-state index in [1.807, 2.05) is 30.3 Å². The Kier molecular flexibility index (Phi) is 6.47. The SMILES string of the molecule is O=C(N[C@H]1CC[C@H](CCN2CCc3cnc(CC4CC4)nc3C2)CC1)c1cccc2ncccc12. The molecule has 6 nitrogen and oxygen atoms in total. The summed E-state index contributed by atoms with van der Waals surface area (Å²) in [6, 6.07) is 9.92. The molecule has 0 bridgehead atoms. The Morgan fingerprint density at radius 3 is 2.71 bits per heavy atom. The molecule has 182 valence electrons. The molecule has 0 saturated heterocycles. The molecule has 3 aliphatic rings. The molecule has 6 rings (SSSR count). The van der Waals surface area contributed by atoms with Crippen molar-refractivity contribution in [2.75, 3.05) is 13.1 Å². The summed E-state index contributed by atoms with van der Waals surface area (Å²) in [6.45, 7) is 3.23. The minimum atomic E-state index is 0.0297. The van der Waals surface area contributed by atoms with Crippen molar-refractivity contribution in [2.24, 2.45) is 11.8 Å². The number of benzene rings is 1. The predicted molar refractivity (Wildman–Crippen MR) is 137 cm³/mol. The molecule has 0 unspecified atom stereocenters. The van der Waals surface area contributed by atoms with Crippen molar-refractivity contribution in [2.45, 2.75) is 70.4 Å². The van der Waals surface area contributed by atoms with Gasteiger partial charge in [0.05, 0.1) is 11.2 Å². The Labute approximate surface area is 207 Å². The van der Waals surface area contributed by atoms with Gasteiger partial charge in [-0.2, -0.15) is 0 Å². The molecule has 2 saturated carbocycles. The second-order valence-electron chi connectivity index (χ2n) is 10.8. The van der Waals surface area contributed by atoms with Crippen molar-refractivity contribution in [3.05, 3.63) is 65.4 Å². The smallest absolute Gasteiger partial charge is 0.252 e. The zero-order valence-corrected chi connectivity index (χ0v) is 20.5. The van der Waals surface area contributed by atoms with Gasteiger partial charge in [-0.05, 0) is 93.5 Å². The second-order valence-corrected chi connectivity index (χ2v) is 10.8. The highest BCUT2D eigenvalue weighted by molar-refractivity contribution is 6.06. The van der Waals surface area contributed by atoms with Crippen LogP contribution in [0.15, 0.2) is 42.7 Å². The summed E-state index contributed by atoms with van der Waals surface area (Å²) in [5, 5.41) is 4.22.